The molecule has 2 N–H and O–H groups in total. The van der Waals surface area contributed by atoms with E-state index in [1.165, 1.54) is 36.4 Å². The first-order valence-electron chi connectivity index (χ1n) is 8.00. The molecule has 0 radical (unpaired) electrons. The number of hydrogen-bond donors (Lipinski definition) is 2. The van der Waals surface area contributed by atoms with Crippen LogP contribution in [-0.4, -0.2) is 27.7 Å². The molecule has 0 aliphatic rings. The van der Waals surface area contributed by atoms with Crippen LogP contribution < -0.4 is 10.6 Å². The van der Waals surface area contributed by atoms with Gasteiger partial charge in [0.15, 0.2) is 0 Å². The van der Waals surface area contributed by atoms with Crippen LogP contribution >= 0.6 is 11.8 Å². The maximum Gasteiger partial charge on any atom is 0.274 e. The van der Waals surface area contributed by atoms with Gasteiger partial charge in [-0.1, -0.05) is 6.07 Å². The molecule has 7 nitrogen and oxygen atoms in total. The van der Waals surface area contributed by atoms with Gasteiger partial charge in [0.2, 0.25) is 11.8 Å². The summed E-state index contributed by atoms with van der Waals surface area (Å²) in [5, 5.41) is 15.7. The third kappa shape index (κ3) is 5.78. The molecule has 2 amide bonds. The standard InChI is InChI=1S/C18H18FN3O4S/c1-11-15(4-3-5-16(11)22(25)26)21-18(24)12(2)27-10-17(23)20-14-8-6-13(19)7-9-14/h3-9,12H,10H2,1-2H3,(H,20,23)(H,21,24). The highest BCUT2D eigenvalue weighted by atomic mass is 32.2. The van der Waals surface area contributed by atoms with Crippen LogP contribution in [-0.2, 0) is 9.59 Å². The zero-order chi connectivity index (χ0) is 20.0. The fourth-order valence-corrected chi connectivity index (χ4v) is 2.88. The van der Waals surface area contributed by atoms with Gasteiger partial charge >= 0.3 is 0 Å². The van der Waals surface area contributed by atoms with Gasteiger partial charge in [0.1, 0.15) is 5.82 Å². The normalized spacial score (nSPS) is 11.5. The van der Waals surface area contributed by atoms with E-state index in [0.29, 0.717) is 16.9 Å². The Balaban J connectivity index is 1.88. The minimum Gasteiger partial charge on any atom is -0.325 e. The summed E-state index contributed by atoms with van der Waals surface area (Å²) < 4.78 is 12.8. The molecule has 0 spiro atoms. The fraction of sp³-hybridized carbons (Fsp3) is 0.222. The predicted octanol–water partition coefficient (Wildman–Crippen LogP) is 3.74. The Morgan fingerprint density at radius 1 is 1.19 bits per heavy atom. The Bertz CT molecular complexity index is 858. The molecule has 1 atom stereocenters. The van der Waals surface area contributed by atoms with E-state index >= 15 is 0 Å². The molecule has 1 unspecified atom stereocenters. The third-order valence-corrected chi connectivity index (χ3v) is 4.86. The highest BCUT2D eigenvalue weighted by molar-refractivity contribution is 8.01. The Hall–Kier alpha value is -2.94. The summed E-state index contributed by atoms with van der Waals surface area (Å²) in [6, 6.07) is 9.80. The molecule has 0 fully saturated rings. The van der Waals surface area contributed by atoms with E-state index in [4.69, 9.17) is 0 Å². The fourth-order valence-electron chi connectivity index (χ4n) is 2.20. The number of nitro benzene ring substituents is 1. The van der Waals surface area contributed by atoms with Crippen molar-refractivity contribution in [2.45, 2.75) is 19.1 Å². The number of nitro groups is 1. The molecule has 0 aliphatic heterocycles. The molecule has 2 rings (SSSR count). The minimum atomic E-state index is -0.553. The maximum atomic E-state index is 12.8. The minimum absolute atomic E-state index is 0.0277. The second-order valence-electron chi connectivity index (χ2n) is 5.70. The van der Waals surface area contributed by atoms with Gasteiger partial charge in [-0.15, -0.1) is 11.8 Å². The summed E-state index contributed by atoms with van der Waals surface area (Å²) in [5.74, 6) is -1.06. The van der Waals surface area contributed by atoms with Crippen molar-refractivity contribution in [3.8, 4) is 0 Å². The van der Waals surface area contributed by atoms with E-state index in [9.17, 15) is 24.1 Å². The van der Waals surface area contributed by atoms with Crippen LogP contribution in [0.4, 0.5) is 21.5 Å². The van der Waals surface area contributed by atoms with E-state index in [1.807, 2.05) is 0 Å². The molecule has 2 aromatic carbocycles. The average molecular weight is 391 g/mol. The van der Waals surface area contributed by atoms with Gasteiger partial charge in [-0.05, 0) is 44.2 Å². The van der Waals surface area contributed by atoms with Crippen molar-refractivity contribution in [2.24, 2.45) is 0 Å². The number of nitrogens with zero attached hydrogens (tertiary/aromatic N) is 1. The van der Waals surface area contributed by atoms with Crippen LogP contribution in [0, 0.1) is 22.9 Å². The Morgan fingerprint density at radius 2 is 1.85 bits per heavy atom. The SMILES string of the molecule is Cc1c(NC(=O)C(C)SCC(=O)Nc2ccc(F)cc2)cccc1[N+](=O)[O-]. The van der Waals surface area contributed by atoms with Gasteiger partial charge in [-0.2, -0.15) is 0 Å². The monoisotopic (exact) mass is 391 g/mol. The van der Waals surface area contributed by atoms with Crippen LogP contribution in [0.2, 0.25) is 0 Å². The van der Waals surface area contributed by atoms with E-state index < -0.39 is 16.0 Å². The summed E-state index contributed by atoms with van der Waals surface area (Å²) in [5.41, 5.74) is 1.11. The lowest BCUT2D eigenvalue weighted by Gasteiger charge is -2.13. The largest absolute Gasteiger partial charge is 0.325 e. The zero-order valence-electron chi connectivity index (χ0n) is 14.7. The maximum absolute atomic E-state index is 12.8. The first-order valence-corrected chi connectivity index (χ1v) is 9.04. The van der Waals surface area contributed by atoms with Gasteiger partial charge in [0, 0.05) is 11.8 Å². The molecule has 0 saturated heterocycles. The van der Waals surface area contributed by atoms with Gasteiger partial charge in [0.05, 0.1) is 27.2 Å². The average Bonchev–Trinajstić information content (AvgIpc) is 2.63. The highest BCUT2D eigenvalue weighted by Gasteiger charge is 2.19. The van der Waals surface area contributed by atoms with Crippen LogP contribution in [0.25, 0.3) is 0 Å². The van der Waals surface area contributed by atoms with E-state index in [-0.39, 0.29) is 23.3 Å². The van der Waals surface area contributed by atoms with Gasteiger partial charge in [-0.25, -0.2) is 4.39 Å². The van der Waals surface area contributed by atoms with Crippen molar-refractivity contribution in [3.05, 3.63) is 64.0 Å². The molecule has 142 valence electrons. The Kier molecular flexibility index (Phi) is 6.89. The van der Waals surface area contributed by atoms with Crippen LogP contribution in [0.1, 0.15) is 12.5 Å². The number of carbonyl (C=O) groups excluding carboxylic acids is 2. The molecule has 27 heavy (non-hydrogen) atoms. The van der Waals surface area contributed by atoms with Gasteiger partial charge in [0.25, 0.3) is 5.69 Å². The number of thioether (sulfide) groups is 1. The number of halogens is 1. The van der Waals surface area contributed by atoms with Crippen molar-refractivity contribution < 1.29 is 18.9 Å². The van der Waals surface area contributed by atoms with Crippen LogP contribution in [0.5, 0.6) is 0 Å². The third-order valence-electron chi connectivity index (χ3n) is 3.72. The lowest BCUT2D eigenvalue weighted by molar-refractivity contribution is -0.385. The second kappa shape index (κ2) is 9.13. The van der Waals surface area contributed by atoms with Crippen molar-refractivity contribution >= 4 is 40.6 Å². The quantitative estimate of drug-likeness (QED) is 0.553. The highest BCUT2D eigenvalue weighted by Crippen LogP contribution is 2.26. The van der Waals surface area contributed by atoms with Crippen LogP contribution in [0.3, 0.4) is 0 Å². The number of anilines is 2. The lowest BCUT2D eigenvalue weighted by Crippen LogP contribution is -2.25. The van der Waals surface area contributed by atoms with Crippen molar-refractivity contribution in [3.63, 3.8) is 0 Å². The van der Waals surface area contributed by atoms with Crippen LogP contribution in [0.15, 0.2) is 42.5 Å². The molecular formula is C18H18FN3O4S. The molecule has 2 aromatic rings. The van der Waals surface area contributed by atoms with Gasteiger partial charge < -0.3 is 10.6 Å². The van der Waals surface area contributed by atoms with E-state index in [0.717, 1.165) is 11.8 Å². The number of hydrogen-bond acceptors (Lipinski definition) is 5. The zero-order valence-corrected chi connectivity index (χ0v) is 15.5. The Morgan fingerprint density at radius 3 is 2.48 bits per heavy atom. The summed E-state index contributed by atoms with van der Waals surface area (Å²) in [6.07, 6.45) is 0. The first-order chi connectivity index (χ1) is 12.8. The predicted molar refractivity (Wildman–Crippen MR) is 103 cm³/mol. The summed E-state index contributed by atoms with van der Waals surface area (Å²) >= 11 is 1.12. The molecule has 0 aliphatic carbocycles. The first kappa shape index (κ1) is 20.4. The number of benzene rings is 2. The molecule has 0 bridgehead atoms. The van der Waals surface area contributed by atoms with Gasteiger partial charge in [-0.3, -0.25) is 19.7 Å². The van der Waals surface area contributed by atoms with Crippen molar-refractivity contribution in [1.82, 2.24) is 0 Å². The summed E-state index contributed by atoms with van der Waals surface area (Å²) in [6.45, 7) is 3.19. The number of rotatable bonds is 7. The van der Waals surface area contributed by atoms with E-state index in [1.54, 1.807) is 19.9 Å². The number of amides is 2. The molecule has 0 saturated carbocycles. The second-order valence-corrected chi connectivity index (χ2v) is 7.03. The smallest absolute Gasteiger partial charge is 0.274 e. The van der Waals surface area contributed by atoms with Crippen molar-refractivity contribution in [1.29, 1.82) is 0 Å². The molecular weight excluding hydrogens is 373 g/mol. The number of nitrogens with one attached hydrogen (secondary N) is 2. The molecule has 0 heterocycles. The Labute approximate surface area is 159 Å². The number of carbonyl (C=O) groups is 2. The lowest BCUT2D eigenvalue weighted by atomic mass is 10.1. The molecule has 9 heteroatoms. The topological polar surface area (TPSA) is 101 Å². The summed E-state index contributed by atoms with van der Waals surface area (Å²) in [7, 11) is 0. The van der Waals surface area contributed by atoms with E-state index in [2.05, 4.69) is 10.6 Å². The molecule has 0 aromatic heterocycles. The summed E-state index contributed by atoms with van der Waals surface area (Å²) in [4.78, 5) is 34.7. The van der Waals surface area contributed by atoms with Crippen molar-refractivity contribution in [2.75, 3.05) is 16.4 Å².